The molecule has 2 aromatic rings. The molecule has 2 aromatic carbocycles. The van der Waals surface area contributed by atoms with Gasteiger partial charge < -0.3 is 73.3 Å². The first kappa shape index (κ1) is 49.9. The first-order valence-electron chi connectivity index (χ1n) is 26.7. The second-order valence-electron chi connectivity index (χ2n) is 23.4. The maximum absolute atomic E-state index is 13.1. The van der Waals surface area contributed by atoms with Crippen molar-refractivity contribution in [1.82, 2.24) is 0 Å². The molecule has 0 spiro atoms. The summed E-state index contributed by atoms with van der Waals surface area (Å²) >= 11 is 0. The van der Waals surface area contributed by atoms with Gasteiger partial charge in [0.05, 0.1) is 60.5 Å². The first-order valence-corrected chi connectivity index (χ1v) is 26.7. The Hall–Kier alpha value is -2.32. The number of aromatic hydroxyl groups is 1. The largest absolute Gasteiger partial charge is 0.508 e. The van der Waals surface area contributed by atoms with Crippen molar-refractivity contribution in [3.8, 4) is 5.75 Å². The lowest BCUT2D eigenvalue weighted by Gasteiger charge is -2.65. The quantitative estimate of drug-likeness (QED) is 0.148. The highest BCUT2D eigenvalue weighted by Crippen LogP contribution is 2.70. The van der Waals surface area contributed by atoms with Crippen LogP contribution in [-0.2, 0) is 49.1 Å². The number of para-hydroxylation sites is 1. The number of aliphatic hydroxyl groups excluding tert-OH is 4. The number of rotatable bonds is 10. The van der Waals surface area contributed by atoms with E-state index in [0.717, 1.165) is 49.7 Å². The fourth-order valence-electron chi connectivity index (χ4n) is 16.0. The van der Waals surface area contributed by atoms with E-state index in [-0.39, 0.29) is 78.2 Å². The van der Waals surface area contributed by atoms with Gasteiger partial charge >= 0.3 is 0 Å². The van der Waals surface area contributed by atoms with E-state index < -0.39 is 85.2 Å². The predicted molar refractivity (Wildman–Crippen MR) is 251 cm³/mol. The summed E-state index contributed by atoms with van der Waals surface area (Å²) in [7, 11) is 0. The third kappa shape index (κ3) is 8.80. The summed E-state index contributed by atoms with van der Waals surface area (Å²) in [6.45, 7) is 10.1. The summed E-state index contributed by atoms with van der Waals surface area (Å²) in [5.41, 5.74) is -0.169. The topological polar surface area (TPSA) is 204 Å². The van der Waals surface area contributed by atoms with Gasteiger partial charge in [-0.2, -0.15) is 0 Å². The second-order valence-corrected chi connectivity index (χ2v) is 23.4. The van der Waals surface area contributed by atoms with Gasteiger partial charge in [0.25, 0.3) is 0 Å². The van der Waals surface area contributed by atoms with Crippen molar-refractivity contribution in [3.63, 3.8) is 0 Å². The summed E-state index contributed by atoms with van der Waals surface area (Å²) in [5.74, 6) is 0.649. The van der Waals surface area contributed by atoms with E-state index in [1.807, 2.05) is 63.2 Å². The van der Waals surface area contributed by atoms with Crippen molar-refractivity contribution in [1.29, 1.82) is 0 Å². The van der Waals surface area contributed by atoms with Crippen molar-refractivity contribution in [2.45, 2.75) is 228 Å². The highest BCUT2D eigenvalue weighted by atomic mass is 16.8. The van der Waals surface area contributed by atoms with Gasteiger partial charge in [-0.25, -0.2) is 0 Å². The molecule has 0 amide bonds. The SMILES string of the molecule is C[C@H]1OC(O[C@H]2[C@@H](O)CC(O[C@H]3[C@@H](O)CC(O[C@H]4CC[C@@]5(C)[C@H](CC[C@@H]6[C@@H]5C[C@@H](O)[C@]5(C)[C@@H](C7CC(O)OC7Cc7ccccc7O)CC[C@]65O)C4)O[C@@H]3C)O[C@@H]2C)C[C@@H]2OC(c3ccccc3)O[C@@H]21. The number of hydrogen-bond acceptors (Lipinski definition) is 15. The zero-order chi connectivity index (χ0) is 48.9. The number of hydrogen-bond donors (Lipinski definition) is 6. The van der Waals surface area contributed by atoms with Crippen LogP contribution in [0.5, 0.6) is 5.75 Å². The molecule has 9 aliphatic rings. The minimum Gasteiger partial charge on any atom is -0.508 e. The molecule has 15 nitrogen and oxygen atoms in total. The first-order chi connectivity index (χ1) is 33.5. The fourth-order valence-corrected chi connectivity index (χ4v) is 16.0. The van der Waals surface area contributed by atoms with Crippen LogP contribution in [0.1, 0.15) is 129 Å². The normalized spacial score (nSPS) is 51.3. The van der Waals surface area contributed by atoms with Crippen LogP contribution in [0.25, 0.3) is 0 Å². The second kappa shape index (κ2) is 19.4. The molecule has 0 bridgehead atoms. The summed E-state index contributed by atoms with van der Waals surface area (Å²) in [6.07, 6.45) is -1.27. The summed E-state index contributed by atoms with van der Waals surface area (Å²) < 4.78 is 57.0. The van der Waals surface area contributed by atoms with Gasteiger partial charge in [-0.3, -0.25) is 0 Å². The number of phenols is 1. The van der Waals surface area contributed by atoms with Crippen molar-refractivity contribution >= 4 is 0 Å². The van der Waals surface area contributed by atoms with Gasteiger partial charge in [-0.1, -0.05) is 62.4 Å². The van der Waals surface area contributed by atoms with Crippen LogP contribution in [0.3, 0.4) is 0 Å². The van der Waals surface area contributed by atoms with Crippen LogP contribution in [0, 0.1) is 40.4 Å². The molecule has 0 radical (unpaired) electrons. The molecule has 388 valence electrons. The number of phenolic OH excluding ortho intramolecular Hbond substituents is 1. The number of fused-ring (bicyclic) bond motifs is 6. The molecular formula is C55H78O15. The predicted octanol–water partition coefficient (Wildman–Crippen LogP) is 6.17. The van der Waals surface area contributed by atoms with Crippen LogP contribution in [-0.4, -0.2) is 135 Å². The number of ether oxygens (including phenoxy) is 9. The minimum atomic E-state index is -1.05. The van der Waals surface area contributed by atoms with Crippen molar-refractivity contribution in [2.24, 2.45) is 40.4 Å². The maximum atomic E-state index is 13.1. The van der Waals surface area contributed by atoms with E-state index >= 15 is 0 Å². The van der Waals surface area contributed by atoms with Crippen molar-refractivity contribution in [3.05, 3.63) is 65.7 Å². The lowest BCUT2D eigenvalue weighted by atomic mass is 9.42. The van der Waals surface area contributed by atoms with Gasteiger partial charge in [0.15, 0.2) is 31.5 Å². The van der Waals surface area contributed by atoms with E-state index in [9.17, 15) is 30.6 Å². The zero-order valence-electron chi connectivity index (χ0n) is 41.4. The van der Waals surface area contributed by atoms with E-state index in [1.165, 1.54) is 0 Å². The minimum absolute atomic E-state index is 0.0418. The van der Waals surface area contributed by atoms with Gasteiger partial charge in [0, 0.05) is 43.1 Å². The zero-order valence-corrected chi connectivity index (χ0v) is 41.4. The molecule has 25 atom stereocenters. The molecule has 15 heteroatoms. The van der Waals surface area contributed by atoms with Crippen LogP contribution in [0.4, 0.5) is 0 Å². The van der Waals surface area contributed by atoms with Gasteiger partial charge in [0.1, 0.15) is 24.1 Å². The lowest BCUT2D eigenvalue weighted by molar-refractivity contribution is -0.334. The molecule has 4 aliphatic carbocycles. The third-order valence-corrected chi connectivity index (χ3v) is 19.7. The Bertz CT molecular complexity index is 2090. The Labute approximate surface area is 412 Å². The van der Waals surface area contributed by atoms with Crippen molar-refractivity contribution < 1.29 is 73.3 Å². The molecule has 5 saturated heterocycles. The molecule has 5 heterocycles. The van der Waals surface area contributed by atoms with Gasteiger partial charge in [0.2, 0.25) is 0 Å². The molecule has 0 aromatic heterocycles. The average Bonchev–Trinajstić information content (AvgIpc) is 4.01. The Morgan fingerprint density at radius 1 is 0.614 bits per heavy atom. The molecule has 5 aliphatic heterocycles. The highest BCUT2D eigenvalue weighted by molar-refractivity contribution is 5.33. The maximum Gasteiger partial charge on any atom is 0.184 e. The highest BCUT2D eigenvalue weighted by Gasteiger charge is 2.72. The number of aliphatic hydroxyl groups is 5. The van der Waals surface area contributed by atoms with Crippen LogP contribution >= 0.6 is 0 Å². The van der Waals surface area contributed by atoms with Crippen LogP contribution in [0.2, 0.25) is 0 Å². The average molecular weight is 979 g/mol. The van der Waals surface area contributed by atoms with Crippen molar-refractivity contribution in [2.75, 3.05) is 0 Å². The van der Waals surface area contributed by atoms with Crippen LogP contribution in [0.15, 0.2) is 54.6 Å². The lowest BCUT2D eigenvalue weighted by Crippen LogP contribution is -2.67. The van der Waals surface area contributed by atoms with Gasteiger partial charge in [-0.15, -0.1) is 0 Å². The monoisotopic (exact) mass is 979 g/mol. The molecule has 70 heavy (non-hydrogen) atoms. The Morgan fingerprint density at radius 3 is 1.97 bits per heavy atom. The summed E-state index contributed by atoms with van der Waals surface area (Å²) in [5, 5.41) is 69.7. The van der Waals surface area contributed by atoms with E-state index in [2.05, 4.69) is 13.8 Å². The fraction of sp³-hybridized carbons (Fsp3) is 0.782. The van der Waals surface area contributed by atoms with E-state index in [4.69, 9.17) is 42.6 Å². The van der Waals surface area contributed by atoms with Crippen LogP contribution < -0.4 is 0 Å². The van der Waals surface area contributed by atoms with E-state index in [1.54, 1.807) is 12.1 Å². The van der Waals surface area contributed by atoms with E-state index in [0.29, 0.717) is 38.0 Å². The summed E-state index contributed by atoms with van der Waals surface area (Å²) in [6, 6.07) is 17.1. The number of benzene rings is 2. The molecule has 11 rings (SSSR count). The molecule has 6 N–H and O–H groups in total. The van der Waals surface area contributed by atoms with Gasteiger partial charge in [-0.05, 0) is 119 Å². The standard InChI is InChI=1S/C55H78O15/c1-28-49(68-47-26-41(58)50(29(2)63-47)69-48-27-43-51(30(3)64-48)70-52(67-43)31-11-7-6-8-12-31)40(57)25-46(62-28)65-34-17-19-53(4)33(22-34)15-16-37-38(53)24-44(59)54(5)36(18-20-55(37,54)61)35-23-45(60)66-42(35)21-32-13-9-10-14-39(32)56/h6-14,28-30,33-38,40-52,56-61H,15-27H2,1-5H3/t28-,29-,30-,33-,34+,35?,36-,37-,38+,40+,41+,42?,43+,44-,45?,46?,47?,48?,49-,50-,51-,52?,53+,54+,55+/m1/s1. The molecule has 9 fully saturated rings. The Balaban J connectivity index is 0.664. The smallest absolute Gasteiger partial charge is 0.184 e. The molecule has 4 saturated carbocycles. The Morgan fingerprint density at radius 2 is 1.27 bits per heavy atom. The summed E-state index contributed by atoms with van der Waals surface area (Å²) in [4.78, 5) is 0. The third-order valence-electron chi connectivity index (χ3n) is 19.7. The molecular weight excluding hydrogens is 901 g/mol. The Kier molecular flexibility index (Phi) is 13.8. The molecule has 7 unspecified atom stereocenters.